The molecular weight excluding hydrogens is 368 g/mol. The van der Waals surface area contributed by atoms with Crippen LogP contribution >= 0.6 is 0 Å². The molecule has 0 fully saturated rings. The molecule has 0 amide bonds. The van der Waals surface area contributed by atoms with Gasteiger partial charge in [-0.15, -0.1) is 0 Å². The summed E-state index contributed by atoms with van der Waals surface area (Å²) in [4.78, 5) is 4.30. The Labute approximate surface area is 171 Å². The van der Waals surface area contributed by atoms with Crippen molar-refractivity contribution in [2.75, 3.05) is 21.3 Å². The summed E-state index contributed by atoms with van der Waals surface area (Å²) < 4.78 is 22.2. The number of pyridine rings is 1. The lowest BCUT2D eigenvalue weighted by Crippen LogP contribution is -2.14. The number of ether oxygens (including phenoxy) is 4. The van der Waals surface area contributed by atoms with E-state index in [0.717, 1.165) is 34.1 Å². The molecule has 152 valence electrons. The van der Waals surface area contributed by atoms with Gasteiger partial charge in [-0.2, -0.15) is 0 Å². The van der Waals surface area contributed by atoms with Crippen LogP contribution in [0.1, 0.15) is 16.8 Å². The van der Waals surface area contributed by atoms with E-state index >= 15 is 0 Å². The molecule has 0 saturated heterocycles. The average molecular weight is 394 g/mol. The monoisotopic (exact) mass is 394 g/mol. The standard InChI is InChI=1S/C23H26N2O4/c1-26-20-10-11-21(29-16-19-8-4-5-12-25-19)18(13-20)15-24-14-17-7-6-9-22(27-2)23(17)28-3/h4-13,24H,14-16H2,1-3H3. The maximum absolute atomic E-state index is 6.00. The van der Waals surface area contributed by atoms with Crippen LogP contribution in [0.25, 0.3) is 0 Å². The Morgan fingerprint density at radius 2 is 1.66 bits per heavy atom. The molecule has 1 N–H and O–H groups in total. The Kier molecular flexibility index (Phi) is 7.30. The third-order valence-corrected chi connectivity index (χ3v) is 4.48. The summed E-state index contributed by atoms with van der Waals surface area (Å²) in [5, 5.41) is 3.45. The van der Waals surface area contributed by atoms with Gasteiger partial charge in [-0.1, -0.05) is 18.2 Å². The van der Waals surface area contributed by atoms with Gasteiger partial charge in [0.15, 0.2) is 11.5 Å². The zero-order valence-electron chi connectivity index (χ0n) is 17.0. The van der Waals surface area contributed by atoms with Crippen molar-refractivity contribution < 1.29 is 18.9 Å². The molecule has 0 spiro atoms. The largest absolute Gasteiger partial charge is 0.497 e. The van der Waals surface area contributed by atoms with Gasteiger partial charge in [-0.3, -0.25) is 4.98 Å². The molecule has 0 radical (unpaired) electrons. The zero-order chi connectivity index (χ0) is 20.5. The van der Waals surface area contributed by atoms with Crippen LogP contribution in [0.15, 0.2) is 60.8 Å². The van der Waals surface area contributed by atoms with Crippen LogP contribution in [-0.4, -0.2) is 26.3 Å². The van der Waals surface area contributed by atoms with E-state index in [2.05, 4.69) is 10.3 Å². The Hall–Kier alpha value is -3.25. The van der Waals surface area contributed by atoms with Crippen molar-refractivity contribution in [1.29, 1.82) is 0 Å². The topological polar surface area (TPSA) is 61.8 Å². The maximum atomic E-state index is 6.00. The van der Waals surface area contributed by atoms with Crippen LogP contribution in [0, 0.1) is 0 Å². The minimum atomic E-state index is 0.407. The van der Waals surface area contributed by atoms with Crippen LogP contribution in [-0.2, 0) is 19.7 Å². The van der Waals surface area contributed by atoms with Gasteiger partial charge in [0.1, 0.15) is 18.1 Å². The normalized spacial score (nSPS) is 10.4. The van der Waals surface area contributed by atoms with E-state index < -0.39 is 0 Å². The second-order valence-electron chi connectivity index (χ2n) is 6.34. The van der Waals surface area contributed by atoms with Crippen molar-refractivity contribution in [2.24, 2.45) is 0 Å². The van der Waals surface area contributed by atoms with Crippen molar-refractivity contribution in [3.8, 4) is 23.0 Å². The predicted molar refractivity (Wildman–Crippen MR) is 112 cm³/mol. The van der Waals surface area contributed by atoms with E-state index in [9.17, 15) is 0 Å². The van der Waals surface area contributed by atoms with Gasteiger partial charge in [0, 0.05) is 30.4 Å². The number of hydrogen-bond donors (Lipinski definition) is 1. The summed E-state index contributed by atoms with van der Waals surface area (Å²) in [5.41, 5.74) is 2.90. The van der Waals surface area contributed by atoms with Gasteiger partial charge in [-0.25, -0.2) is 0 Å². The Balaban J connectivity index is 1.69. The molecular formula is C23H26N2O4. The SMILES string of the molecule is COc1ccc(OCc2ccccn2)c(CNCc2cccc(OC)c2OC)c1. The van der Waals surface area contributed by atoms with Crippen molar-refractivity contribution in [3.63, 3.8) is 0 Å². The first-order valence-electron chi connectivity index (χ1n) is 9.35. The highest BCUT2D eigenvalue weighted by molar-refractivity contribution is 5.46. The number of aromatic nitrogens is 1. The first-order chi connectivity index (χ1) is 14.2. The maximum Gasteiger partial charge on any atom is 0.165 e. The number of nitrogens with one attached hydrogen (secondary N) is 1. The molecule has 0 atom stereocenters. The molecule has 0 aliphatic heterocycles. The molecule has 6 heteroatoms. The van der Waals surface area contributed by atoms with Crippen LogP contribution < -0.4 is 24.3 Å². The molecule has 0 bridgehead atoms. The van der Waals surface area contributed by atoms with Crippen molar-refractivity contribution >= 4 is 0 Å². The van der Waals surface area contributed by atoms with E-state index in [1.54, 1.807) is 27.5 Å². The highest BCUT2D eigenvalue weighted by Crippen LogP contribution is 2.31. The molecule has 3 aromatic rings. The molecule has 1 heterocycles. The second kappa shape index (κ2) is 10.3. The summed E-state index contributed by atoms with van der Waals surface area (Å²) in [6, 6.07) is 17.4. The van der Waals surface area contributed by atoms with E-state index in [0.29, 0.717) is 25.4 Å². The third kappa shape index (κ3) is 5.39. The Bertz CT molecular complexity index is 916. The van der Waals surface area contributed by atoms with Crippen molar-refractivity contribution in [3.05, 3.63) is 77.6 Å². The van der Waals surface area contributed by atoms with E-state index in [1.165, 1.54) is 0 Å². The third-order valence-electron chi connectivity index (χ3n) is 4.48. The van der Waals surface area contributed by atoms with Crippen LogP contribution in [0.2, 0.25) is 0 Å². The summed E-state index contributed by atoms with van der Waals surface area (Å²) >= 11 is 0. The fourth-order valence-electron chi connectivity index (χ4n) is 3.02. The lowest BCUT2D eigenvalue weighted by atomic mass is 10.1. The number of nitrogens with zero attached hydrogens (tertiary/aromatic N) is 1. The van der Waals surface area contributed by atoms with Gasteiger partial charge in [-0.05, 0) is 36.4 Å². The van der Waals surface area contributed by atoms with Crippen LogP contribution in [0.4, 0.5) is 0 Å². The molecule has 6 nitrogen and oxygen atoms in total. The first-order valence-corrected chi connectivity index (χ1v) is 9.35. The molecule has 3 rings (SSSR count). The fourth-order valence-corrected chi connectivity index (χ4v) is 3.02. The average Bonchev–Trinajstić information content (AvgIpc) is 2.78. The van der Waals surface area contributed by atoms with Crippen molar-refractivity contribution in [2.45, 2.75) is 19.7 Å². The molecule has 0 saturated carbocycles. The smallest absolute Gasteiger partial charge is 0.165 e. The molecule has 1 aromatic heterocycles. The Morgan fingerprint density at radius 1 is 0.793 bits per heavy atom. The summed E-state index contributed by atoms with van der Waals surface area (Å²) in [5.74, 6) is 3.03. The van der Waals surface area contributed by atoms with E-state index in [1.807, 2.05) is 54.6 Å². The van der Waals surface area contributed by atoms with E-state index in [-0.39, 0.29) is 0 Å². The number of benzene rings is 2. The number of rotatable bonds is 10. The first kappa shape index (κ1) is 20.5. The van der Waals surface area contributed by atoms with Gasteiger partial charge in [0.2, 0.25) is 0 Å². The van der Waals surface area contributed by atoms with Gasteiger partial charge in [0.05, 0.1) is 27.0 Å². The highest BCUT2D eigenvalue weighted by atomic mass is 16.5. The van der Waals surface area contributed by atoms with Crippen LogP contribution in [0.3, 0.4) is 0 Å². The summed E-state index contributed by atoms with van der Waals surface area (Å²) in [6.07, 6.45) is 1.76. The van der Waals surface area contributed by atoms with E-state index in [4.69, 9.17) is 18.9 Å². The highest BCUT2D eigenvalue weighted by Gasteiger charge is 2.11. The molecule has 29 heavy (non-hydrogen) atoms. The quantitative estimate of drug-likeness (QED) is 0.561. The predicted octanol–water partition coefficient (Wildman–Crippen LogP) is 3.98. The molecule has 2 aromatic carbocycles. The number of methoxy groups -OCH3 is 3. The van der Waals surface area contributed by atoms with Gasteiger partial charge in [0.25, 0.3) is 0 Å². The van der Waals surface area contributed by atoms with Crippen LogP contribution in [0.5, 0.6) is 23.0 Å². The lowest BCUT2D eigenvalue weighted by Gasteiger charge is -2.15. The van der Waals surface area contributed by atoms with Crippen molar-refractivity contribution in [1.82, 2.24) is 10.3 Å². The number of para-hydroxylation sites is 1. The molecule has 0 unspecified atom stereocenters. The number of hydrogen-bond acceptors (Lipinski definition) is 6. The van der Waals surface area contributed by atoms with Gasteiger partial charge >= 0.3 is 0 Å². The zero-order valence-corrected chi connectivity index (χ0v) is 17.0. The fraction of sp³-hybridized carbons (Fsp3) is 0.261. The minimum absolute atomic E-state index is 0.407. The second-order valence-corrected chi connectivity index (χ2v) is 6.34. The summed E-state index contributed by atoms with van der Waals surface area (Å²) in [7, 11) is 4.94. The lowest BCUT2D eigenvalue weighted by molar-refractivity contribution is 0.296. The Morgan fingerprint density at radius 3 is 2.38 bits per heavy atom. The molecule has 0 aliphatic carbocycles. The summed E-state index contributed by atoms with van der Waals surface area (Å²) in [6.45, 7) is 1.64. The molecule has 0 aliphatic rings. The van der Waals surface area contributed by atoms with Gasteiger partial charge < -0.3 is 24.3 Å². The minimum Gasteiger partial charge on any atom is -0.497 e.